The Balaban J connectivity index is 1.85. The predicted molar refractivity (Wildman–Crippen MR) is 101 cm³/mol. The van der Waals surface area contributed by atoms with Gasteiger partial charge in [0.05, 0.1) is 15.5 Å². The van der Waals surface area contributed by atoms with E-state index in [-0.39, 0.29) is 9.22 Å². The van der Waals surface area contributed by atoms with Crippen LogP contribution in [-0.4, -0.2) is 28.6 Å². The van der Waals surface area contributed by atoms with Crippen molar-refractivity contribution in [1.82, 2.24) is 14.8 Å². The number of amides is 1. The Morgan fingerprint density at radius 2 is 1.88 bits per heavy atom. The van der Waals surface area contributed by atoms with Gasteiger partial charge in [0.1, 0.15) is 0 Å². The molecule has 1 N–H and O–H groups in total. The lowest BCUT2D eigenvalue weighted by molar-refractivity contribution is -0.123. The van der Waals surface area contributed by atoms with E-state index in [1.807, 2.05) is 19.1 Å². The number of aromatic nitrogens is 1. The fraction of sp³-hybridized carbons (Fsp3) is 0.0625. The topological polar surface area (TPSA) is 79.4 Å². The minimum atomic E-state index is -3.90. The summed E-state index contributed by atoms with van der Waals surface area (Å²) in [6, 6.07) is 13.2. The zero-order valence-electron chi connectivity index (χ0n) is 13.0. The summed E-state index contributed by atoms with van der Waals surface area (Å²) in [5.41, 5.74) is 1.42. The molecule has 0 spiro atoms. The van der Waals surface area contributed by atoms with Crippen LogP contribution in [0.5, 0.6) is 0 Å². The number of hydrazine groups is 1. The summed E-state index contributed by atoms with van der Waals surface area (Å²) in [6.45, 7) is 1.84. The van der Waals surface area contributed by atoms with E-state index in [9.17, 15) is 13.2 Å². The first-order valence-corrected chi connectivity index (χ1v) is 9.87. The van der Waals surface area contributed by atoms with Crippen LogP contribution in [0, 0.1) is 6.92 Å². The zero-order valence-corrected chi connectivity index (χ0v) is 15.5. The highest BCUT2D eigenvalue weighted by atomic mass is 32.2. The summed E-state index contributed by atoms with van der Waals surface area (Å²) in [7, 11) is -3.90. The molecule has 2 heterocycles. The first-order chi connectivity index (χ1) is 11.9. The van der Waals surface area contributed by atoms with Crippen molar-refractivity contribution in [2.24, 2.45) is 0 Å². The molecule has 1 amide bonds. The van der Waals surface area contributed by atoms with Crippen molar-refractivity contribution in [2.45, 2.75) is 11.8 Å². The van der Waals surface area contributed by atoms with Crippen molar-refractivity contribution >= 4 is 50.3 Å². The predicted octanol–water partition coefficient (Wildman–Crippen LogP) is 2.48. The molecule has 1 aliphatic rings. The Labute approximate surface area is 155 Å². The summed E-state index contributed by atoms with van der Waals surface area (Å²) in [5, 5.41) is 0.865. The van der Waals surface area contributed by atoms with Gasteiger partial charge in [0.2, 0.25) is 0 Å². The van der Waals surface area contributed by atoms with E-state index in [1.165, 1.54) is 12.1 Å². The maximum atomic E-state index is 12.5. The molecule has 2 aromatic rings. The SMILES string of the molecule is Cc1cccc(/C=C2/SC(=S)N(NS(=O)(=O)c3ccccc3)C2=O)n1. The number of hydrogen-bond acceptors (Lipinski definition) is 6. The van der Waals surface area contributed by atoms with Crippen molar-refractivity contribution in [2.75, 3.05) is 0 Å². The molecule has 6 nitrogen and oxygen atoms in total. The number of sulfonamides is 1. The molecule has 0 bridgehead atoms. The van der Waals surface area contributed by atoms with E-state index < -0.39 is 15.9 Å². The number of nitrogens with one attached hydrogen (secondary N) is 1. The molecule has 1 aliphatic heterocycles. The van der Waals surface area contributed by atoms with Crippen molar-refractivity contribution in [3.05, 3.63) is 64.8 Å². The molecule has 1 aromatic carbocycles. The van der Waals surface area contributed by atoms with Crippen LogP contribution >= 0.6 is 24.0 Å². The number of carbonyl (C=O) groups is 1. The summed E-state index contributed by atoms with van der Waals surface area (Å²) >= 11 is 6.15. The molecule has 0 unspecified atom stereocenters. The van der Waals surface area contributed by atoms with Crippen LogP contribution < -0.4 is 4.83 Å². The summed E-state index contributed by atoms with van der Waals surface area (Å²) < 4.78 is 24.9. The number of rotatable bonds is 4. The van der Waals surface area contributed by atoms with Gasteiger partial charge in [-0.2, -0.15) is 0 Å². The number of carbonyl (C=O) groups excluding carboxylic acids is 1. The lowest BCUT2D eigenvalue weighted by Crippen LogP contribution is -2.44. The normalized spacial score (nSPS) is 16.7. The van der Waals surface area contributed by atoms with Crippen LogP contribution in [-0.2, 0) is 14.8 Å². The van der Waals surface area contributed by atoms with Gasteiger partial charge in [0, 0.05) is 5.69 Å². The maximum absolute atomic E-state index is 12.5. The van der Waals surface area contributed by atoms with Gasteiger partial charge in [-0.15, -0.1) is 4.83 Å². The highest BCUT2D eigenvalue weighted by Crippen LogP contribution is 2.31. The molecule has 128 valence electrons. The second-order valence-electron chi connectivity index (χ2n) is 5.13. The number of hydrogen-bond donors (Lipinski definition) is 1. The number of pyridine rings is 1. The second kappa shape index (κ2) is 7.04. The fourth-order valence-corrected chi connectivity index (χ4v) is 4.41. The molecule has 1 saturated heterocycles. The Morgan fingerprint density at radius 1 is 1.16 bits per heavy atom. The highest BCUT2D eigenvalue weighted by molar-refractivity contribution is 8.26. The average molecular weight is 391 g/mol. The first kappa shape index (κ1) is 17.7. The lowest BCUT2D eigenvalue weighted by Gasteiger charge is -2.15. The third-order valence-electron chi connectivity index (χ3n) is 3.25. The minimum absolute atomic E-state index is 0.0494. The van der Waals surface area contributed by atoms with Gasteiger partial charge in [-0.3, -0.25) is 9.78 Å². The maximum Gasteiger partial charge on any atom is 0.281 e. The molecule has 0 radical (unpaired) electrons. The number of thiocarbonyl (C=S) groups is 1. The van der Waals surface area contributed by atoms with E-state index in [0.29, 0.717) is 10.6 Å². The Kier molecular flexibility index (Phi) is 5.00. The molecule has 0 aliphatic carbocycles. The second-order valence-corrected chi connectivity index (χ2v) is 8.47. The van der Waals surface area contributed by atoms with Crippen LogP contribution in [0.1, 0.15) is 11.4 Å². The van der Waals surface area contributed by atoms with Crippen LogP contribution in [0.25, 0.3) is 6.08 Å². The zero-order chi connectivity index (χ0) is 18.0. The number of aryl methyl sites for hydroxylation is 1. The average Bonchev–Trinajstić information content (AvgIpc) is 2.83. The fourth-order valence-electron chi connectivity index (χ4n) is 2.10. The van der Waals surface area contributed by atoms with Gasteiger partial charge < -0.3 is 0 Å². The molecule has 0 atom stereocenters. The third-order valence-corrected chi connectivity index (χ3v) is 5.87. The van der Waals surface area contributed by atoms with E-state index in [0.717, 1.165) is 22.5 Å². The molecule has 9 heteroatoms. The quantitative estimate of drug-likeness (QED) is 0.637. The number of nitrogens with zero attached hydrogens (tertiary/aromatic N) is 2. The van der Waals surface area contributed by atoms with Gasteiger partial charge >= 0.3 is 0 Å². The Hall–Kier alpha value is -2.07. The van der Waals surface area contributed by atoms with Crippen LogP contribution in [0.2, 0.25) is 0 Å². The lowest BCUT2D eigenvalue weighted by atomic mass is 10.3. The highest BCUT2D eigenvalue weighted by Gasteiger charge is 2.35. The van der Waals surface area contributed by atoms with Crippen LogP contribution in [0.3, 0.4) is 0 Å². The van der Waals surface area contributed by atoms with Gasteiger partial charge in [-0.05, 0) is 37.3 Å². The molecule has 1 aromatic heterocycles. The van der Waals surface area contributed by atoms with Crippen molar-refractivity contribution in [3.63, 3.8) is 0 Å². The van der Waals surface area contributed by atoms with E-state index >= 15 is 0 Å². The van der Waals surface area contributed by atoms with E-state index in [2.05, 4.69) is 9.82 Å². The van der Waals surface area contributed by atoms with Gasteiger partial charge in [0.15, 0.2) is 4.32 Å². The van der Waals surface area contributed by atoms with Gasteiger partial charge in [-0.25, -0.2) is 13.4 Å². The van der Waals surface area contributed by atoms with Gasteiger partial charge in [0.25, 0.3) is 15.9 Å². The minimum Gasteiger partial charge on any atom is -0.267 e. The molecule has 3 rings (SSSR count). The summed E-state index contributed by atoms with van der Waals surface area (Å²) in [6.07, 6.45) is 1.59. The van der Waals surface area contributed by atoms with Crippen LogP contribution in [0.4, 0.5) is 0 Å². The summed E-state index contributed by atoms with van der Waals surface area (Å²) in [4.78, 5) is 19.4. The largest absolute Gasteiger partial charge is 0.281 e. The van der Waals surface area contributed by atoms with Crippen molar-refractivity contribution in [3.8, 4) is 0 Å². The molecule has 1 fully saturated rings. The van der Waals surface area contributed by atoms with Crippen LogP contribution in [0.15, 0.2) is 58.3 Å². The Morgan fingerprint density at radius 3 is 2.56 bits per heavy atom. The van der Waals surface area contributed by atoms with Crippen molar-refractivity contribution in [1.29, 1.82) is 0 Å². The molecular formula is C16H13N3O3S3. The smallest absolute Gasteiger partial charge is 0.267 e. The Bertz CT molecular complexity index is 972. The van der Waals surface area contributed by atoms with E-state index in [4.69, 9.17) is 12.2 Å². The van der Waals surface area contributed by atoms with E-state index in [1.54, 1.807) is 30.3 Å². The van der Waals surface area contributed by atoms with Crippen molar-refractivity contribution < 1.29 is 13.2 Å². The third kappa shape index (κ3) is 3.96. The number of benzene rings is 1. The van der Waals surface area contributed by atoms with Gasteiger partial charge in [-0.1, -0.05) is 48.2 Å². The monoisotopic (exact) mass is 391 g/mol. The molecule has 0 saturated carbocycles. The molecule has 25 heavy (non-hydrogen) atoms. The first-order valence-electron chi connectivity index (χ1n) is 7.16. The summed E-state index contributed by atoms with van der Waals surface area (Å²) in [5.74, 6) is -0.530. The number of thioether (sulfide) groups is 1. The molecular weight excluding hydrogens is 378 g/mol. The standard InChI is InChI=1S/C16H13N3O3S3/c1-11-6-5-7-12(17-11)10-14-15(20)19(16(23)24-14)18-25(21,22)13-8-3-2-4-9-13/h2-10,18H,1H3/b14-10+.